The maximum atomic E-state index is 12.3. The van der Waals surface area contributed by atoms with E-state index in [1.807, 2.05) is 96.4 Å². The molecule has 1 aliphatic rings. The standard InChI is InChI=1S/C32H29N3O5S/c33-31-25-20-41-30(27(25)34-21-35-31)32(36)29(39-18-24-14-8-3-9-15-24)28(38-17-23-12-6-2-7-13-23)26(40-32)19-37-16-22-10-4-1-5-11-22/h1-15,19-21,28-29,36H,16-18H2,(H2,33,34,35)/b26-19+/t28-,29-,32?/m1/s1. The molecule has 3 heterocycles. The van der Waals surface area contributed by atoms with Crippen LogP contribution in [0.1, 0.15) is 21.6 Å². The highest BCUT2D eigenvalue weighted by atomic mass is 32.1. The lowest BCUT2D eigenvalue weighted by molar-refractivity contribution is -0.232. The zero-order valence-corrected chi connectivity index (χ0v) is 22.9. The highest BCUT2D eigenvalue weighted by Crippen LogP contribution is 2.47. The summed E-state index contributed by atoms with van der Waals surface area (Å²) in [5.41, 5.74) is 9.51. The molecule has 208 valence electrons. The van der Waals surface area contributed by atoms with Gasteiger partial charge in [0, 0.05) is 5.38 Å². The van der Waals surface area contributed by atoms with Gasteiger partial charge in [-0.1, -0.05) is 91.0 Å². The van der Waals surface area contributed by atoms with Crippen LogP contribution >= 0.6 is 11.3 Å². The molecule has 5 aromatic rings. The second-order valence-corrected chi connectivity index (χ2v) is 10.5. The van der Waals surface area contributed by atoms with Gasteiger partial charge >= 0.3 is 0 Å². The molecular formula is C32H29N3O5S. The summed E-state index contributed by atoms with van der Waals surface area (Å²) >= 11 is 1.28. The van der Waals surface area contributed by atoms with E-state index in [0.29, 0.717) is 34.0 Å². The molecular weight excluding hydrogens is 538 g/mol. The number of nitrogen functional groups attached to an aromatic ring is 1. The lowest BCUT2D eigenvalue weighted by Gasteiger charge is -2.29. The van der Waals surface area contributed by atoms with Gasteiger partial charge in [-0.25, -0.2) is 9.97 Å². The van der Waals surface area contributed by atoms with Crippen LogP contribution < -0.4 is 5.73 Å². The van der Waals surface area contributed by atoms with Gasteiger partial charge in [-0.3, -0.25) is 0 Å². The van der Waals surface area contributed by atoms with Gasteiger partial charge in [0.2, 0.25) is 0 Å². The van der Waals surface area contributed by atoms with Crippen molar-refractivity contribution < 1.29 is 24.1 Å². The van der Waals surface area contributed by atoms with E-state index >= 15 is 0 Å². The molecule has 2 aromatic heterocycles. The fraction of sp³-hybridized carbons (Fsp3) is 0.188. The van der Waals surface area contributed by atoms with Crippen molar-refractivity contribution in [3.05, 3.63) is 136 Å². The van der Waals surface area contributed by atoms with Crippen LogP contribution in [0.4, 0.5) is 5.82 Å². The van der Waals surface area contributed by atoms with Crippen LogP contribution in [-0.4, -0.2) is 27.3 Å². The van der Waals surface area contributed by atoms with Crippen molar-refractivity contribution in [1.82, 2.24) is 9.97 Å². The van der Waals surface area contributed by atoms with Gasteiger partial charge in [-0.05, 0) is 16.7 Å². The molecule has 1 aliphatic heterocycles. The molecule has 3 N–H and O–H groups in total. The van der Waals surface area contributed by atoms with E-state index in [0.717, 1.165) is 16.7 Å². The van der Waals surface area contributed by atoms with Crippen LogP contribution in [0.3, 0.4) is 0 Å². The Balaban J connectivity index is 1.37. The molecule has 1 unspecified atom stereocenters. The third-order valence-electron chi connectivity index (χ3n) is 6.80. The predicted molar refractivity (Wildman–Crippen MR) is 156 cm³/mol. The molecule has 3 aromatic carbocycles. The SMILES string of the molecule is Nc1ncnc2c(C3(O)O/C(=C/OCc4ccccc4)[C@@H](OCc4ccccc4)[C@H]3OCc3ccccc3)scc12. The molecule has 0 radical (unpaired) electrons. The van der Waals surface area contributed by atoms with Gasteiger partial charge in [-0.2, -0.15) is 0 Å². The monoisotopic (exact) mass is 567 g/mol. The van der Waals surface area contributed by atoms with Crippen LogP contribution in [0.5, 0.6) is 0 Å². The van der Waals surface area contributed by atoms with Gasteiger partial charge in [0.25, 0.3) is 5.79 Å². The van der Waals surface area contributed by atoms with Crippen LogP contribution in [0.25, 0.3) is 10.9 Å². The highest BCUT2D eigenvalue weighted by molar-refractivity contribution is 7.11. The molecule has 0 aliphatic carbocycles. The Morgan fingerprint density at radius 3 is 2.05 bits per heavy atom. The van der Waals surface area contributed by atoms with Crippen molar-refractivity contribution in [2.45, 2.75) is 37.8 Å². The Labute approximate surface area is 241 Å². The van der Waals surface area contributed by atoms with Gasteiger partial charge in [0.05, 0.1) is 24.1 Å². The van der Waals surface area contributed by atoms with Crippen molar-refractivity contribution in [3.63, 3.8) is 0 Å². The molecule has 0 spiro atoms. The molecule has 8 nitrogen and oxygen atoms in total. The zero-order chi connectivity index (χ0) is 28.1. The number of rotatable bonds is 10. The number of hydrogen-bond acceptors (Lipinski definition) is 9. The summed E-state index contributed by atoms with van der Waals surface area (Å²) < 4.78 is 25.1. The van der Waals surface area contributed by atoms with E-state index in [1.165, 1.54) is 23.9 Å². The van der Waals surface area contributed by atoms with Gasteiger partial charge < -0.3 is 29.8 Å². The third-order valence-corrected chi connectivity index (χ3v) is 7.88. The summed E-state index contributed by atoms with van der Waals surface area (Å²) in [6, 6.07) is 29.3. The predicted octanol–water partition coefficient (Wildman–Crippen LogP) is 5.68. The second-order valence-electron chi connectivity index (χ2n) is 9.64. The first-order valence-electron chi connectivity index (χ1n) is 13.2. The molecule has 9 heteroatoms. The summed E-state index contributed by atoms with van der Waals surface area (Å²) in [7, 11) is 0. The fourth-order valence-electron chi connectivity index (χ4n) is 4.74. The Hall–Kier alpha value is -4.28. The molecule has 41 heavy (non-hydrogen) atoms. The lowest BCUT2D eigenvalue weighted by atomic mass is 10.0. The van der Waals surface area contributed by atoms with Crippen molar-refractivity contribution in [3.8, 4) is 0 Å². The largest absolute Gasteiger partial charge is 0.493 e. The number of ether oxygens (including phenoxy) is 4. The average Bonchev–Trinajstić information content (AvgIpc) is 3.57. The Bertz CT molecular complexity index is 1610. The van der Waals surface area contributed by atoms with Gasteiger partial charge in [0.1, 0.15) is 29.9 Å². The number of aliphatic hydroxyl groups is 1. The van der Waals surface area contributed by atoms with Crippen LogP contribution in [0.2, 0.25) is 0 Å². The normalized spacial score (nSPS) is 21.2. The summed E-state index contributed by atoms with van der Waals surface area (Å²) in [5, 5.41) is 14.8. The topological polar surface area (TPSA) is 109 Å². The fourth-order valence-corrected chi connectivity index (χ4v) is 5.80. The zero-order valence-electron chi connectivity index (χ0n) is 22.1. The van der Waals surface area contributed by atoms with E-state index < -0.39 is 18.0 Å². The van der Waals surface area contributed by atoms with E-state index in [2.05, 4.69) is 9.97 Å². The summed E-state index contributed by atoms with van der Waals surface area (Å²) in [6.07, 6.45) is 1.11. The Kier molecular flexibility index (Phi) is 7.93. The highest BCUT2D eigenvalue weighted by Gasteiger charge is 2.58. The van der Waals surface area contributed by atoms with Crippen molar-refractivity contribution in [2.24, 2.45) is 0 Å². The Morgan fingerprint density at radius 2 is 1.41 bits per heavy atom. The number of nitrogens with two attached hydrogens (primary N) is 1. The maximum Gasteiger partial charge on any atom is 0.275 e. The van der Waals surface area contributed by atoms with Crippen LogP contribution in [0, 0.1) is 0 Å². The molecule has 1 saturated heterocycles. The van der Waals surface area contributed by atoms with Gasteiger partial charge in [-0.15, -0.1) is 11.3 Å². The molecule has 1 fully saturated rings. The van der Waals surface area contributed by atoms with E-state index in [-0.39, 0.29) is 13.2 Å². The van der Waals surface area contributed by atoms with Crippen molar-refractivity contribution >= 4 is 28.1 Å². The number of thiophene rings is 1. The van der Waals surface area contributed by atoms with Crippen molar-refractivity contribution in [1.29, 1.82) is 0 Å². The molecule has 0 amide bonds. The minimum absolute atomic E-state index is 0.223. The quantitative estimate of drug-likeness (QED) is 0.208. The second kappa shape index (κ2) is 12.1. The molecule has 3 atom stereocenters. The average molecular weight is 568 g/mol. The number of fused-ring (bicyclic) bond motifs is 1. The summed E-state index contributed by atoms with van der Waals surface area (Å²) in [4.78, 5) is 8.96. The summed E-state index contributed by atoms with van der Waals surface area (Å²) in [6.45, 7) is 0.812. The lowest BCUT2D eigenvalue weighted by Crippen LogP contribution is -2.43. The van der Waals surface area contributed by atoms with Crippen molar-refractivity contribution in [2.75, 3.05) is 5.73 Å². The van der Waals surface area contributed by atoms with E-state index in [9.17, 15) is 5.11 Å². The first kappa shape index (κ1) is 26.9. The molecule has 0 bridgehead atoms. The van der Waals surface area contributed by atoms with E-state index in [4.69, 9.17) is 24.7 Å². The number of anilines is 1. The van der Waals surface area contributed by atoms with Gasteiger partial charge in [0.15, 0.2) is 18.0 Å². The first-order valence-corrected chi connectivity index (χ1v) is 14.1. The first-order chi connectivity index (χ1) is 20.1. The van der Waals surface area contributed by atoms with E-state index in [1.54, 1.807) is 0 Å². The number of aromatic nitrogens is 2. The number of benzene rings is 3. The van der Waals surface area contributed by atoms with Crippen LogP contribution in [0.15, 0.2) is 115 Å². The molecule has 6 rings (SSSR count). The minimum Gasteiger partial charge on any atom is -0.493 e. The number of hydrogen-bond donors (Lipinski definition) is 2. The molecule has 0 saturated carbocycles. The smallest absolute Gasteiger partial charge is 0.275 e. The third kappa shape index (κ3) is 5.79. The Morgan fingerprint density at radius 1 is 0.829 bits per heavy atom. The maximum absolute atomic E-state index is 12.3. The van der Waals surface area contributed by atoms with Crippen LogP contribution in [-0.2, 0) is 44.6 Å². The minimum atomic E-state index is -1.94. The summed E-state index contributed by atoms with van der Waals surface area (Å²) in [5.74, 6) is -1.31. The number of nitrogens with zero attached hydrogens (tertiary/aromatic N) is 2.